The normalized spacial score (nSPS) is 16.4. The number of furan rings is 1. The number of rotatable bonds is 5. The Morgan fingerprint density at radius 1 is 1.29 bits per heavy atom. The molecule has 0 N–H and O–H groups in total. The lowest BCUT2D eigenvalue weighted by Gasteiger charge is -2.12. The minimum Gasteiger partial charge on any atom is -0.457 e. The third-order valence-corrected chi connectivity index (χ3v) is 5.33. The van der Waals surface area contributed by atoms with Crippen molar-refractivity contribution in [3.8, 4) is 11.3 Å². The summed E-state index contributed by atoms with van der Waals surface area (Å²) < 4.78 is 12.4. The number of ether oxygens (including phenoxy) is 1. The molecule has 7 heteroatoms. The van der Waals surface area contributed by atoms with Gasteiger partial charge in [0.25, 0.3) is 5.91 Å². The third kappa shape index (κ3) is 3.80. The minimum atomic E-state index is -0.108. The van der Waals surface area contributed by atoms with Crippen molar-refractivity contribution in [1.82, 2.24) is 4.90 Å². The fourth-order valence-corrected chi connectivity index (χ4v) is 3.76. The number of nitrogens with zero attached hydrogens (tertiary/aromatic N) is 1. The molecular weight excluding hydrogens is 410 g/mol. The van der Waals surface area contributed by atoms with Crippen LogP contribution in [0.1, 0.15) is 5.76 Å². The Kier molecular flexibility index (Phi) is 5.55. The minimum absolute atomic E-state index is 0.108. The van der Waals surface area contributed by atoms with Crippen LogP contribution < -0.4 is 0 Å². The molecule has 0 radical (unpaired) electrons. The third-order valence-electron chi connectivity index (χ3n) is 3.42. The molecule has 1 saturated heterocycles. The van der Waals surface area contributed by atoms with Crippen LogP contribution in [0.15, 0.2) is 50.2 Å². The Bertz CT molecular complexity index is 798. The van der Waals surface area contributed by atoms with Crippen LogP contribution in [0.4, 0.5) is 0 Å². The van der Waals surface area contributed by atoms with Gasteiger partial charge in [-0.25, -0.2) is 0 Å². The SMILES string of the molecule is COCCN1C(=O)/C(=C\c2ccc(-c3ccc(Br)cc3)o2)SC1=S. The van der Waals surface area contributed by atoms with Crippen LogP contribution >= 0.6 is 39.9 Å². The van der Waals surface area contributed by atoms with E-state index >= 15 is 0 Å². The zero-order valence-corrected chi connectivity index (χ0v) is 16.0. The molecule has 0 aliphatic carbocycles. The molecule has 124 valence electrons. The van der Waals surface area contributed by atoms with Gasteiger partial charge in [0.1, 0.15) is 15.8 Å². The zero-order chi connectivity index (χ0) is 17.1. The van der Waals surface area contributed by atoms with Crippen molar-refractivity contribution in [3.63, 3.8) is 0 Å². The van der Waals surface area contributed by atoms with E-state index in [1.807, 2.05) is 36.4 Å². The molecule has 1 amide bonds. The van der Waals surface area contributed by atoms with Gasteiger partial charge in [-0.2, -0.15) is 0 Å². The van der Waals surface area contributed by atoms with Crippen molar-refractivity contribution in [3.05, 3.63) is 51.5 Å². The van der Waals surface area contributed by atoms with Gasteiger partial charge in [-0.1, -0.05) is 52.0 Å². The maximum atomic E-state index is 12.4. The van der Waals surface area contributed by atoms with Gasteiger partial charge in [-0.3, -0.25) is 9.69 Å². The number of thiocarbonyl (C=S) groups is 1. The molecule has 1 aliphatic rings. The van der Waals surface area contributed by atoms with E-state index in [-0.39, 0.29) is 5.91 Å². The number of hydrogen-bond donors (Lipinski definition) is 0. The Morgan fingerprint density at radius 2 is 2.04 bits per heavy atom. The number of carbonyl (C=O) groups excluding carboxylic acids is 1. The molecule has 3 rings (SSSR count). The van der Waals surface area contributed by atoms with Gasteiger partial charge in [-0.05, 0) is 24.3 Å². The molecule has 24 heavy (non-hydrogen) atoms. The van der Waals surface area contributed by atoms with Gasteiger partial charge in [-0.15, -0.1) is 0 Å². The molecule has 0 spiro atoms. The van der Waals surface area contributed by atoms with Crippen molar-refractivity contribution < 1.29 is 13.9 Å². The molecule has 4 nitrogen and oxygen atoms in total. The molecule has 1 aromatic carbocycles. The first-order chi connectivity index (χ1) is 11.6. The van der Waals surface area contributed by atoms with Gasteiger partial charge >= 0.3 is 0 Å². The lowest BCUT2D eigenvalue weighted by Crippen LogP contribution is -2.31. The highest BCUT2D eigenvalue weighted by Gasteiger charge is 2.31. The predicted octanol–water partition coefficient (Wildman–Crippen LogP) is 4.56. The molecule has 0 bridgehead atoms. The number of hydrogen-bond acceptors (Lipinski definition) is 5. The van der Waals surface area contributed by atoms with E-state index in [4.69, 9.17) is 21.4 Å². The number of halogens is 1. The molecule has 2 heterocycles. The number of methoxy groups -OCH3 is 1. The smallest absolute Gasteiger partial charge is 0.266 e. The summed E-state index contributed by atoms with van der Waals surface area (Å²) in [5.41, 5.74) is 0.977. The Morgan fingerprint density at radius 3 is 2.75 bits per heavy atom. The summed E-state index contributed by atoms with van der Waals surface area (Å²) >= 11 is 9.95. The van der Waals surface area contributed by atoms with Crippen LogP contribution in [0.2, 0.25) is 0 Å². The molecule has 1 aromatic heterocycles. The second-order valence-electron chi connectivity index (χ2n) is 5.04. The highest BCUT2D eigenvalue weighted by molar-refractivity contribution is 9.10. The average molecular weight is 424 g/mol. The number of amides is 1. The molecule has 1 aliphatic heterocycles. The van der Waals surface area contributed by atoms with Crippen LogP contribution in [0.25, 0.3) is 17.4 Å². The first-order valence-electron chi connectivity index (χ1n) is 7.18. The quantitative estimate of drug-likeness (QED) is 0.520. The van der Waals surface area contributed by atoms with E-state index in [2.05, 4.69) is 15.9 Å². The van der Waals surface area contributed by atoms with Crippen LogP contribution in [0, 0.1) is 0 Å². The predicted molar refractivity (Wildman–Crippen MR) is 104 cm³/mol. The summed E-state index contributed by atoms with van der Waals surface area (Å²) in [4.78, 5) is 14.5. The van der Waals surface area contributed by atoms with E-state index in [9.17, 15) is 4.79 Å². The number of thioether (sulfide) groups is 1. The standard InChI is InChI=1S/C17H14BrNO3S2/c1-21-9-8-19-16(20)15(24-17(19)23)10-13-6-7-14(22-13)11-2-4-12(18)5-3-11/h2-7,10H,8-9H2,1H3/b15-10+. The van der Waals surface area contributed by atoms with Crippen molar-refractivity contribution in [2.45, 2.75) is 0 Å². The molecule has 2 aromatic rings. The van der Waals surface area contributed by atoms with E-state index in [0.717, 1.165) is 15.8 Å². The topological polar surface area (TPSA) is 42.7 Å². The second-order valence-corrected chi connectivity index (χ2v) is 7.63. The summed E-state index contributed by atoms with van der Waals surface area (Å²) in [6, 6.07) is 11.6. The van der Waals surface area contributed by atoms with Gasteiger partial charge in [0.2, 0.25) is 0 Å². The van der Waals surface area contributed by atoms with E-state index in [1.165, 1.54) is 11.8 Å². The van der Waals surface area contributed by atoms with E-state index in [1.54, 1.807) is 18.1 Å². The fraction of sp³-hybridized carbons (Fsp3) is 0.176. The summed E-state index contributed by atoms with van der Waals surface area (Å²) in [5.74, 6) is 1.27. The van der Waals surface area contributed by atoms with E-state index in [0.29, 0.717) is 28.1 Å². The first kappa shape index (κ1) is 17.4. The van der Waals surface area contributed by atoms with Crippen LogP contribution in [-0.2, 0) is 9.53 Å². The highest BCUT2D eigenvalue weighted by Crippen LogP contribution is 2.33. The van der Waals surface area contributed by atoms with Crippen molar-refractivity contribution >= 4 is 56.2 Å². The Balaban J connectivity index is 1.78. The first-order valence-corrected chi connectivity index (χ1v) is 9.20. The summed E-state index contributed by atoms with van der Waals surface area (Å²) in [6.45, 7) is 0.912. The van der Waals surface area contributed by atoms with Crippen molar-refractivity contribution in [1.29, 1.82) is 0 Å². The fourth-order valence-electron chi connectivity index (χ4n) is 2.20. The molecule has 1 fully saturated rings. The van der Waals surface area contributed by atoms with Crippen LogP contribution in [0.3, 0.4) is 0 Å². The zero-order valence-electron chi connectivity index (χ0n) is 12.8. The molecule has 0 atom stereocenters. The largest absolute Gasteiger partial charge is 0.457 e. The highest BCUT2D eigenvalue weighted by atomic mass is 79.9. The molecule has 0 unspecified atom stereocenters. The van der Waals surface area contributed by atoms with E-state index < -0.39 is 0 Å². The summed E-state index contributed by atoms with van der Waals surface area (Å²) in [7, 11) is 1.60. The van der Waals surface area contributed by atoms with Crippen LogP contribution in [-0.4, -0.2) is 35.4 Å². The van der Waals surface area contributed by atoms with Crippen molar-refractivity contribution in [2.75, 3.05) is 20.3 Å². The monoisotopic (exact) mass is 423 g/mol. The summed E-state index contributed by atoms with van der Waals surface area (Å²) in [6.07, 6.45) is 1.73. The molecule has 0 saturated carbocycles. The Hall–Kier alpha value is -1.41. The van der Waals surface area contributed by atoms with Crippen molar-refractivity contribution in [2.24, 2.45) is 0 Å². The lowest BCUT2D eigenvalue weighted by atomic mass is 10.2. The van der Waals surface area contributed by atoms with Gasteiger partial charge in [0.05, 0.1) is 18.1 Å². The number of benzene rings is 1. The Labute approximate surface area is 158 Å². The number of carbonyl (C=O) groups is 1. The van der Waals surface area contributed by atoms with Gasteiger partial charge in [0.15, 0.2) is 0 Å². The second kappa shape index (κ2) is 7.65. The maximum Gasteiger partial charge on any atom is 0.266 e. The average Bonchev–Trinajstić information content (AvgIpc) is 3.13. The van der Waals surface area contributed by atoms with Gasteiger partial charge < -0.3 is 9.15 Å². The van der Waals surface area contributed by atoms with Gasteiger partial charge in [0, 0.05) is 23.2 Å². The summed E-state index contributed by atoms with van der Waals surface area (Å²) in [5, 5.41) is 0. The molecular formula is C17H14BrNO3S2. The lowest BCUT2D eigenvalue weighted by molar-refractivity contribution is -0.122. The maximum absolute atomic E-state index is 12.4. The van der Waals surface area contributed by atoms with Crippen LogP contribution in [0.5, 0.6) is 0 Å².